The van der Waals surface area contributed by atoms with Gasteiger partial charge in [-0.2, -0.15) is 4.98 Å². The first-order chi connectivity index (χ1) is 13.3. The molecule has 0 amide bonds. The van der Waals surface area contributed by atoms with Crippen molar-refractivity contribution in [2.24, 2.45) is 0 Å². The van der Waals surface area contributed by atoms with Gasteiger partial charge in [0.1, 0.15) is 18.2 Å². The van der Waals surface area contributed by atoms with Crippen molar-refractivity contribution in [1.82, 2.24) is 9.97 Å². The minimum atomic E-state index is -4.80. The quantitative estimate of drug-likeness (QED) is 0.554. The topological polar surface area (TPSA) is 99.4 Å². The fraction of sp³-hybridized carbons (Fsp3) is 0.412. The maximum absolute atomic E-state index is 12.2. The van der Waals surface area contributed by atoms with Gasteiger partial charge in [0.15, 0.2) is 0 Å². The number of nitro groups is 1. The second-order valence-corrected chi connectivity index (χ2v) is 6.21. The highest BCUT2D eigenvalue weighted by Crippen LogP contribution is 2.35. The number of halogens is 3. The minimum absolute atomic E-state index is 0.115. The Morgan fingerprint density at radius 1 is 1.11 bits per heavy atom. The summed E-state index contributed by atoms with van der Waals surface area (Å²) in [4.78, 5) is 18.7. The molecule has 28 heavy (non-hydrogen) atoms. The smallest absolute Gasteiger partial charge is 0.469 e. The van der Waals surface area contributed by atoms with Crippen LogP contribution in [0.25, 0.3) is 0 Å². The van der Waals surface area contributed by atoms with Crippen LogP contribution < -0.4 is 14.8 Å². The van der Waals surface area contributed by atoms with Gasteiger partial charge in [0, 0.05) is 5.69 Å². The minimum Gasteiger partial charge on any atom is -0.469 e. The van der Waals surface area contributed by atoms with E-state index in [9.17, 15) is 23.3 Å². The lowest BCUT2D eigenvalue weighted by molar-refractivity contribution is -0.385. The van der Waals surface area contributed by atoms with Gasteiger partial charge >= 0.3 is 12.0 Å². The van der Waals surface area contributed by atoms with E-state index in [4.69, 9.17) is 4.74 Å². The summed E-state index contributed by atoms with van der Waals surface area (Å²) in [5, 5.41) is 14.3. The van der Waals surface area contributed by atoms with Crippen molar-refractivity contribution in [2.75, 3.05) is 5.32 Å². The Labute approximate surface area is 157 Å². The van der Waals surface area contributed by atoms with Crippen molar-refractivity contribution in [3.63, 3.8) is 0 Å². The average Bonchev–Trinajstić information content (AvgIpc) is 2.63. The molecule has 1 aromatic carbocycles. The van der Waals surface area contributed by atoms with Gasteiger partial charge in [-0.25, -0.2) is 4.98 Å². The Balaban J connectivity index is 1.79. The van der Waals surface area contributed by atoms with Gasteiger partial charge in [-0.15, -0.1) is 13.2 Å². The SMILES string of the molecule is O=[N+]([O-])c1c(Nc2ccc(OC(F)(F)F)cc2)ncnc1OC1CCCCC1. The molecule has 0 radical (unpaired) electrons. The number of hydrogen-bond donors (Lipinski definition) is 1. The highest BCUT2D eigenvalue weighted by atomic mass is 19.4. The molecule has 0 saturated heterocycles. The van der Waals surface area contributed by atoms with E-state index < -0.39 is 22.7 Å². The molecule has 0 unspecified atom stereocenters. The first-order valence-corrected chi connectivity index (χ1v) is 8.61. The summed E-state index contributed by atoms with van der Waals surface area (Å²) in [6.45, 7) is 0. The molecule has 1 saturated carbocycles. The summed E-state index contributed by atoms with van der Waals surface area (Å²) in [6.07, 6.45) is 0.860. The summed E-state index contributed by atoms with van der Waals surface area (Å²) in [6, 6.07) is 4.74. The molecule has 1 fully saturated rings. The zero-order valence-corrected chi connectivity index (χ0v) is 14.6. The number of rotatable bonds is 6. The average molecular weight is 398 g/mol. The van der Waals surface area contributed by atoms with Crippen molar-refractivity contribution < 1.29 is 27.6 Å². The molecule has 150 valence electrons. The number of anilines is 2. The summed E-state index contributed by atoms with van der Waals surface area (Å²) < 4.78 is 46.2. The summed E-state index contributed by atoms with van der Waals surface area (Å²) in [5.41, 5.74) is -0.136. The van der Waals surface area contributed by atoms with E-state index >= 15 is 0 Å². The van der Waals surface area contributed by atoms with E-state index in [-0.39, 0.29) is 17.8 Å². The van der Waals surface area contributed by atoms with Crippen LogP contribution in [0.5, 0.6) is 11.6 Å². The van der Waals surface area contributed by atoms with Crippen molar-refractivity contribution in [1.29, 1.82) is 0 Å². The van der Waals surface area contributed by atoms with Gasteiger partial charge in [0.2, 0.25) is 5.82 Å². The summed E-state index contributed by atoms with van der Waals surface area (Å²) in [7, 11) is 0. The molecule has 2 aromatic rings. The largest absolute Gasteiger partial charge is 0.573 e. The summed E-state index contributed by atoms with van der Waals surface area (Å²) in [5.74, 6) is -0.654. The second kappa shape index (κ2) is 8.28. The molecule has 0 atom stereocenters. The van der Waals surface area contributed by atoms with Crippen LogP contribution in [0.1, 0.15) is 32.1 Å². The normalized spacial score (nSPS) is 15.1. The van der Waals surface area contributed by atoms with Crippen LogP contribution in [-0.4, -0.2) is 27.4 Å². The first kappa shape index (κ1) is 19.6. The first-order valence-electron chi connectivity index (χ1n) is 8.61. The standard InChI is InChI=1S/C17H17F3N4O4/c18-17(19,20)28-13-8-6-11(7-9-13)23-15-14(24(25)26)16(22-10-21-15)27-12-4-2-1-3-5-12/h6-10,12H,1-5H2,(H,21,22,23). The van der Waals surface area contributed by atoms with Crippen molar-refractivity contribution in [3.05, 3.63) is 40.7 Å². The van der Waals surface area contributed by atoms with Crippen LogP contribution in [0.2, 0.25) is 0 Å². The van der Waals surface area contributed by atoms with Crippen LogP contribution >= 0.6 is 0 Å². The predicted molar refractivity (Wildman–Crippen MR) is 92.6 cm³/mol. The van der Waals surface area contributed by atoms with E-state index in [0.717, 1.165) is 50.6 Å². The van der Waals surface area contributed by atoms with Crippen molar-refractivity contribution in [2.45, 2.75) is 44.6 Å². The summed E-state index contributed by atoms with van der Waals surface area (Å²) >= 11 is 0. The Hall–Kier alpha value is -3.11. The van der Waals surface area contributed by atoms with E-state index in [1.807, 2.05) is 0 Å². The van der Waals surface area contributed by atoms with Gasteiger partial charge in [0.05, 0.1) is 4.92 Å². The fourth-order valence-electron chi connectivity index (χ4n) is 2.92. The van der Waals surface area contributed by atoms with Crippen LogP contribution in [0.4, 0.5) is 30.4 Å². The zero-order valence-electron chi connectivity index (χ0n) is 14.6. The molecule has 1 N–H and O–H groups in total. The highest BCUT2D eigenvalue weighted by Gasteiger charge is 2.31. The predicted octanol–water partition coefficient (Wildman–Crippen LogP) is 4.74. The number of alkyl halides is 3. The van der Waals surface area contributed by atoms with Crippen LogP contribution in [0.15, 0.2) is 30.6 Å². The van der Waals surface area contributed by atoms with Crippen molar-refractivity contribution in [3.8, 4) is 11.6 Å². The van der Waals surface area contributed by atoms with Gasteiger partial charge in [0.25, 0.3) is 5.88 Å². The van der Waals surface area contributed by atoms with Crippen LogP contribution in [0.3, 0.4) is 0 Å². The number of nitrogens with one attached hydrogen (secondary N) is 1. The zero-order chi connectivity index (χ0) is 20.1. The number of hydrogen-bond acceptors (Lipinski definition) is 7. The van der Waals surface area contributed by atoms with E-state index in [1.165, 1.54) is 12.1 Å². The fourth-order valence-corrected chi connectivity index (χ4v) is 2.92. The lowest BCUT2D eigenvalue weighted by atomic mass is 9.98. The molecule has 1 aliphatic carbocycles. The lowest BCUT2D eigenvalue weighted by Gasteiger charge is -2.22. The van der Waals surface area contributed by atoms with E-state index in [2.05, 4.69) is 20.0 Å². The molecule has 11 heteroatoms. The lowest BCUT2D eigenvalue weighted by Crippen LogP contribution is -2.21. The Bertz CT molecular complexity index is 824. The molecule has 1 heterocycles. The van der Waals surface area contributed by atoms with Crippen LogP contribution in [0, 0.1) is 10.1 Å². The third-order valence-electron chi connectivity index (χ3n) is 4.15. The van der Waals surface area contributed by atoms with Gasteiger partial charge in [-0.1, -0.05) is 6.42 Å². The number of aromatic nitrogens is 2. The number of nitrogens with zero attached hydrogens (tertiary/aromatic N) is 3. The molecular formula is C17H17F3N4O4. The van der Waals surface area contributed by atoms with Crippen LogP contribution in [-0.2, 0) is 0 Å². The number of ether oxygens (including phenoxy) is 2. The molecule has 1 aliphatic rings. The molecule has 1 aromatic heterocycles. The second-order valence-electron chi connectivity index (χ2n) is 6.21. The third-order valence-corrected chi connectivity index (χ3v) is 4.15. The third kappa shape index (κ3) is 5.21. The Kier molecular flexibility index (Phi) is 5.81. The van der Waals surface area contributed by atoms with E-state index in [1.54, 1.807) is 0 Å². The molecule has 0 spiro atoms. The van der Waals surface area contributed by atoms with E-state index in [0.29, 0.717) is 5.69 Å². The molecule has 0 aliphatic heterocycles. The molecule has 3 rings (SSSR count). The van der Waals surface area contributed by atoms with Gasteiger partial charge in [-0.3, -0.25) is 10.1 Å². The highest BCUT2D eigenvalue weighted by molar-refractivity contribution is 5.68. The maximum atomic E-state index is 12.2. The molecular weight excluding hydrogens is 381 g/mol. The van der Waals surface area contributed by atoms with Gasteiger partial charge in [-0.05, 0) is 49.9 Å². The molecule has 8 nitrogen and oxygen atoms in total. The Morgan fingerprint density at radius 3 is 2.39 bits per heavy atom. The van der Waals surface area contributed by atoms with Crippen molar-refractivity contribution >= 4 is 17.2 Å². The number of benzene rings is 1. The Morgan fingerprint density at radius 2 is 1.79 bits per heavy atom. The maximum Gasteiger partial charge on any atom is 0.573 e. The molecule has 0 bridgehead atoms. The van der Waals surface area contributed by atoms with Gasteiger partial charge < -0.3 is 14.8 Å². The monoisotopic (exact) mass is 398 g/mol.